The molecule has 1 N–H and O–H groups in total. The number of benzene rings is 1. The Kier molecular flexibility index (Phi) is 4.15. The second-order valence-electron chi connectivity index (χ2n) is 4.85. The van der Waals surface area contributed by atoms with E-state index in [2.05, 4.69) is 36.3 Å². The molecule has 3 heteroatoms. The maximum Gasteiger partial charge on any atom is 0.0521 e. The van der Waals surface area contributed by atoms with Crippen LogP contribution in [0.25, 0.3) is 0 Å². The molecule has 0 spiro atoms. The molecule has 0 aliphatic rings. The Balaban J connectivity index is 1.99. The van der Waals surface area contributed by atoms with Crippen LogP contribution in [0.1, 0.15) is 29.0 Å². The molecule has 0 aliphatic heterocycles. The quantitative estimate of drug-likeness (QED) is 0.877. The minimum Gasteiger partial charge on any atom is -0.396 e. The number of aliphatic hydroxyl groups excluding tert-OH is 1. The van der Waals surface area contributed by atoms with E-state index in [9.17, 15) is 5.11 Å². The van der Waals surface area contributed by atoms with E-state index in [0.29, 0.717) is 0 Å². The van der Waals surface area contributed by atoms with Crippen molar-refractivity contribution >= 4 is 0 Å². The average Bonchev–Trinajstić information content (AvgIpc) is 2.78. The highest BCUT2D eigenvalue weighted by Gasteiger charge is 2.10. The fourth-order valence-electron chi connectivity index (χ4n) is 2.14. The summed E-state index contributed by atoms with van der Waals surface area (Å²) in [4.78, 5) is 0. The van der Waals surface area contributed by atoms with Gasteiger partial charge in [-0.05, 0) is 30.9 Å². The van der Waals surface area contributed by atoms with E-state index in [1.54, 1.807) is 0 Å². The highest BCUT2D eigenvalue weighted by atomic mass is 16.3. The lowest BCUT2D eigenvalue weighted by molar-refractivity contribution is 0.259. The van der Waals surface area contributed by atoms with Crippen LogP contribution in [0.4, 0.5) is 0 Å². The van der Waals surface area contributed by atoms with E-state index in [0.717, 1.165) is 12.8 Å². The molecule has 0 saturated heterocycles. The summed E-state index contributed by atoms with van der Waals surface area (Å²) in [7, 11) is 1.92. The maximum absolute atomic E-state index is 9.51. The highest BCUT2D eigenvalue weighted by molar-refractivity contribution is 5.24. The lowest BCUT2D eigenvalue weighted by atomic mass is 9.93. The Morgan fingerprint density at radius 2 is 2.00 bits per heavy atom. The first-order valence-corrected chi connectivity index (χ1v) is 6.34. The standard InChI is InChI=1S/C15H20N2O/c1-12-3-6-14(7-4-12)15(11-18)8-5-13-9-16-17(2)10-13/h3-4,6-7,9-10,15,18H,5,8,11H2,1-2H3. The molecule has 0 bridgehead atoms. The van der Waals surface area contributed by atoms with Gasteiger partial charge in [-0.3, -0.25) is 4.68 Å². The summed E-state index contributed by atoms with van der Waals surface area (Å²) in [6, 6.07) is 8.42. The van der Waals surface area contributed by atoms with Gasteiger partial charge in [0.15, 0.2) is 0 Å². The SMILES string of the molecule is Cc1ccc(C(CO)CCc2cnn(C)c2)cc1. The van der Waals surface area contributed by atoms with Gasteiger partial charge >= 0.3 is 0 Å². The molecule has 2 rings (SSSR count). The molecule has 0 fully saturated rings. The van der Waals surface area contributed by atoms with Crippen LogP contribution in [0, 0.1) is 6.92 Å². The number of aromatic nitrogens is 2. The van der Waals surface area contributed by atoms with E-state index in [4.69, 9.17) is 0 Å². The van der Waals surface area contributed by atoms with Crippen LogP contribution < -0.4 is 0 Å². The van der Waals surface area contributed by atoms with Crippen LogP contribution in [0.15, 0.2) is 36.7 Å². The molecule has 1 aromatic heterocycles. The third kappa shape index (κ3) is 3.20. The summed E-state index contributed by atoms with van der Waals surface area (Å²) in [6.07, 6.45) is 5.82. The summed E-state index contributed by atoms with van der Waals surface area (Å²) >= 11 is 0. The smallest absolute Gasteiger partial charge is 0.0521 e. The van der Waals surface area contributed by atoms with E-state index < -0.39 is 0 Å². The number of rotatable bonds is 5. The van der Waals surface area contributed by atoms with Crippen molar-refractivity contribution in [2.75, 3.05) is 6.61 Å². The van der Waals surface area contributed by atoms with E-state index in [1.165, 1.54) is 16.7 Å². The Morgan fingerprint density at radius 3 is 2.56 bits per heavy atom. The number of hydrogen-bond acceptors (Lipinski definition) is 2. The van der Waals surface area contributed by atoms with Crippen LogP contribution in [-0.2, 0) is 13.5 Å². The van der Waals surface area contributed by atoms with Crippen molar-refractivity contribution in [2.24, 2.45) is 7.05 Å². The molecule has 2 aromatic rings. The minimum atomic E-state index is 0.198. The lowest BCUT2D eigenvalue weighted by Crippen LogP contribution is -2.05. The van der Waals surface area contributed by atoms with Crippen molar-refractivity contribution in [3.63, 3.8) is 0 Å². The third-order valence-corrected chi connectivity index (χ3v) is 3.31. The van der Waals surface area contributed by atoms with Crippen LogP contribution in [0.5, 0.6) is 0 Å². The monoisotopic (exact) mass is 244 g/mol. The molecule has 3 nitrogen and oxygen atoms in total. The van der Waals surface area contributed by atoms with E-state index in [1.807, 2.05) is 24.1 Å². The third-order valence-electron chi connectivity index (χ3n) is 3.31. The molecule has 0 aliphatic carbocycles. The van der Waals surface area contributed by atoms with Gasteiger partial charge in [-0.15, -0.1) is 0 Å². The summed E-state index contributed by atoms with van der Waals surface area (Å²) in [5.41, 5.74) is 3.69. The van der Waals surface area contributed by atoms with Crippen LogP contribution in [0.2, 0.25) is 0 Å². The maximum atomic E-state index is 9.51. The summed E-state index contributed by atoms with van der Waals surface area (Å²) in [5.74, 6) is 0.214. The van der Waals surface area contributed by atoms with Crippen molar-refractivity contribution in [3.8, 4) is 0 Å². The van der Waals surface area contributed by atoms with Crippen molar-refractivity contribution in [1.29, 1.82) is 0 Å². The van der Waals surface area contributed by atoms with Crippen molar-refractivity contribution in [2.45, 2.75) is 25.7 Å². The second-order valence-corrected chi connectivity index (χ2v) is 4.85. The molecule has 0 saturated carbocycles. The van der Waals surface area contributed by atoms with Gasteiger partial charge in [-0.25, -0.2) is 0 Å². The zero-order chi connectivity index (χ0) is 13.0. The molecule has 18 heavy (non-hydrogen) atoms. The van der Waals surface area contributed by atoms with E-state index in [-0.39, 0.29) is 12.5 Å². The Labute approximate surface area is 108 Å². The molecule has 1 heterocycles. The van der Waals surface area contributed by atoms with Crippen molar-refractivity contribution in [1.82, 2.24) is 9.78 Å². The molecular formula is C15H20N2O. The van der Waals surface area contributed by atoms with Crippen molar-refractivity contribution < 1.29 is 5.11 Å². The highest BCUT2D eigenvalue weighted by Crippen LogP contribution is 2.21. The van der Waals surface area contributed by atoms with E-state index >= 15 is 0 Å². The largest absolute Gasteiger partial charge is 0.396 e. The van der Waals surface area contributed by atoms with Gasteiger partial charge in [0, 0.05) is 25.8 Å². The zero-order valence-electron chi connectivity index (χ0n) is 11.0. The summed E-state index contributed by atoms with van der Waals surface area (Å²) in [6.45, 7) is 2.27. The Bertz CT molecular complexity index is 487. The minimum absolute atomic E-state index is 0.198. The predicted octanol–water partition coefficient (Wildman–Crippen LogP) is 2.44. The number of hydrogen-bond donors (Lipinski definition) is 1. The Hall–Kier alpha value is -1.61. The summed E-state index contributed by atoms with van der Waals surface area (Å²) in [5, 5.41) is 13.7. The topological polar surface area (TPSA) is 38.1 Å². The molecule has 0 amide bonds. The van der Waals surface area contributed by atoms with Gasteiger partial charge in [0.25, 0.3) is 0 Å². The number of aliphatic hydroxyl groups is 1. The van der Waals surface area contributed by atoms with Gasteiger partial charge in [0.1, 0.15) is 0 Å². The van der Waals surface area contributed by atoms with Crippen LogP contribution >= 0.6 is 0 Å². The normalized spacial score (nSPS) is 12.6. The molecule has 1 unspecified atom stereocenters. The first-order valence-electron chi connectivity index (χ1n) is 6.34. The number of nitrogens with zero attached hydrogens (tertiary/aromatic N) is 2. The molecular weight excluding hydrogens is 224 g/mol. The average molecular weight is 244 g/mol. The zero-order valence-corrected chi connectivity index (χ0v) is 11.0. The van der Waals surface area contributed by atoms with Gasteiger partial charge in [0.05, 0.1) is 6.20 Å². The van der Waals surface area contributed by atoms with Gasteiger partial charge in [-0.2, -0.15) is 5.10 Å². The number of aryl methyl sites for hydroxylation is 3. The van der Waals surface area contributed by atoms with Gasteiger partial charge in [0.2, 0.25) is 0 Å². The fourth-order valence-corrected chi connectivity index (χ4v) is 2.14. The molecule has 1 atom stereocenters. The van der Waals surface area contributed by atoms with Crippen molar-refractivity contribution in [3.05, 3.63) is 53.3 Å². The van der Waals surface area contributed by atoms with Gasteiger partial charge < -0.3 is 5.11 Å². The summed E-state index contributed by atoms with van der Waals surface area (Å²) < 4.78 is 1.81. The molecule has 0 radical (unpaired) electrons. The molecule has 96 valence electrons. The predicted molar refractivity (Wildman–Crippen MR) is 72.5 cm³/mol. The van der Waals surface area contributed by atoms with Crippen LogP contribution in [-0.4, -0.2) is 21.5 Å². The first-order chi connectivity index (χ1) is 8.69. The second kappa shape index (κ2) is 5.83. The Morgan fingerprint density at radius 1 is 1.28 bits per heavy atom. The lowest BCUT2D eigenvalue weighted by Gasteiger charge is -2.14. The van der Waals surface area contributed by atoms with Crippen LogP contribution in [0.3, 0.4) is 0 Å². The molecule has 1 aromatic carbocycles. The first kappa shape index (κ1) is 12.8. The van der Waals surface area contributed by atoms with Gasteiger partial charge in [-0.1, -0.05) is 29.8 Å². The fraction of sp³-hybridized carbons (Fsp3) is 0.400.